The van der Waals surface area contributed by atoms with E-state index < -0.39 is 0 Å². The Morgan fingerprint density at radius 1 is 1.00 bits per heavy atom. The van der Waals surface area contributed by atoms with E-state index in [1.807, 2.05) is 36.4 Å². The zero-order chi connectivity index (χ0) is 17.5. The molecular weight excluding hydrogens is 340 g/mol. The van der Waals surface area contributed by atoms with Crippen molar-refractivity contribution in [1.29, 1.82) is 0 Å². The molecule has 0 unspecified atom stereocenters. The van der Waals surface area contributed by atoms with Crippen LogP contribution in [0.3, 0.4) is 0 Å². The summed E-state index contributed by atoms with van der Waals surface area (Å²) < 4.78 is 10.7. The summed E-state index contributed by atoms with van der Waals surface area (Å²) in [4.78, 5) is 11.9. The van der Waals surface area contributed by atoms with Gasteiger partial charge in [0.25, 0.3) is 5.91 Å². The van der Waals surface area contributed by atoms with E-state index in [-0.39, 0.29) is 12.5 Å². The highest BCUT2D eigenvalue weighted by atomic mass is 35.5. The van der Waals surface area contributed by atoms with Crippen LogP contribution in [0.2, 0.25) is 5.02 Å². The van der Waals surface area contributed by atoms with E-state index in [9.17, 15) is 4.79 Å². The molecule has 1 amide bonds. The maximum absolute atomic E-state index is 11.9. The molecule has 0 radical (unpaired) electrons. The Hall–Kier alpha value is -2.92. The average Bonchev–Trinajstić information content (AvgIpc) is 3.14. The molecule has 2 N–H and O–H groups in total. The first-order chi connectivity index (χ1) is 12.2. The number of hydrogen-bond donors (Lipinski definition) is 2. The number of anilines is 2. The second-order valence-electron chi connectivity index (χ2n) is 5.30. The van der Waals surface area contributed by atoms with Crippen molar-refractivity contribution in [3.05, 3.63) is 77.7 Å². The van der Waals surface area contributed by atoms with Gasteiger partial charge in [0.2, 0.25) is 0 Å². The van der Waals surface area contributed by atoms with E-state index in [0.29, 0.717) is 23.0 Å². The van der Waals surface area contributed by atoms with E-state index in [1.54, 1.807) is 30.5 Å². The largest absolute Gasteiger partial charge is 0.484 e. The molecule has 0 atom stereocenters. The van der Waals surface area contributed by atoms with Gasteiger partial charge in [0.15, 0.2) is 6.61 Å². The fourth-order valence-corrected chi connectivity index (χ4v) is 2.28. The Kier molecular flexibility index (Phi) is 5.59. The van der Waals surface area contributed by atoms with Gasteiger partial charge in [-0.1, -0.05) is 11.6 Å². The Bertz CT molecular complexity index is 800. The van der Waals surface area contributed by atoms with Gasteiger partial charge in [-0.25, -0.2) is 0 Å². The number of benzene rings is 2. The van der Waals surface area contributed by atoms with Gasteiger partial charge in [-0.2, -0.15) is 0 Å². The van der Waals surface area contributed by atoms with Gasteiger partial charge in [-0.05, 0) is 60.7 Å². The second kappa shape index (κ2) is 8.26. The number of hydrogen-bond acceptors (Lipinski definition) is 4. The Balaban J connectivity index is 1.45. The van der Waals surface area contributed by atoms with E-state index in [2.05, 4.69) is 10.6 Å². The number of ether oxygens (including phenoxy) is 1. The first kappa shape index (κ1) is 16.9. The van der Waals surface area contributed by atoms with Crippen LogP contribution in [0.1, 0.15) is 5.76 Å². The zero-order valence-corrected chi connectivity index (χ0v) is 14.1. The van der Waals surface area contributed by atoms with Crippen molar-refractivity contribution in [3.63, 3.8) is 0 Å². The molecule has 0 bridgehead atoms. The summed E-state index contributed by atoms with van der Waals surface area (Å²) in [7, 11) is 0. The summed E-state index contributed by atoms with van der Waals surface area (Å²) in [6.45, 7) is 0.535. The molecule has 0 aliphatic carbocycles. The molecule has 0 aliphatic heterocycles. The molecule has 1 aromatic heterocycles. The molecule has 0 fully saturated rings. The highest BCUT2D eigenvalue weighted by molar-refractivity contribution is 6.30. The van der Waals surface area contributed by atoms with Crippen LogP contribution in [0.4, 0.5) is 11.4 Å². The topological polar surface area (TPSA) is 63.5 Å². The first-order valence-corrected chi connectivity index (χ1v) is 8.11. The smallest absolute Gasteiger partial charge is 0.262 e. The van der Waals surface area contributed by atoms with Crippen LogP contribution in [-0.4, -0.2) is 12.5 Å². The van der Waals surface area contributed by atoms with Gasteiger partial charge in [0.1, 0.15) is 11.5 Å². The quantitative estimate of drug-likeness (QED) is 0.651. The van der Waals surface area contributed by atoms with E-state index >= 15 is 0 Å². The van der Waals surface area contributed by atoms with Crippen LogP contribution in [0.25, 0.3) is 0 Å². The highest BCUT2D eigenvalue weighted by Crippen LogP contribution is 2.17. The molecule has 0 aliphatic rings. The van der Waals surface area contributed by atoms with Crippen LogP contribution in [0.5, 0.6) is 5.75 Å². The second-order valence-corrected chi connectivity index (χ2v) is 5.74. The molecule has 0 saturated carbocycles. The minimum absolute atomic E-state index is 0.0693. The van der Waals surface area contributed by atoms with Crippen LogP contribution >= 0.6 is 11.6 Å². The van der Waals surface area contributed by atoms with Crippen LogP contribution in [-0.2, 0) is 11.3 Å². The van der Waals surface area contributed by atoms with Crippen molar-refractivity contribution in [2.45, 2.75) is 6.54 Å². The lowest BCUT2D eigenvalue weighted by Gasteiger charge is -2.09. The summed E-state index contributed by atoms with van der Waals surface area (Å²) >= 11 is 5.80. The van der Waals surface area contributed by atoms with Gasteiger partial charge >= 0.3 is 0 Å². The Morgan fingerprint density at radius 3 is 2.40 bits per heavy atom. The lowest BCUT2D eigenvalue weighted by Crippen LogP contribution is -2.20. The highest BCUT2D eigenvalue weighted by Gasteiger charge is 2.04. The monoisotopic (exact) mass is 356 g/mol. The fourth-order valence-electron chi connectivity index (χ4n) is 2.15. The van der Waals surface area contributed by atoms with Gasteiger partial charge < -0.3 is 19.8 Å². The maximum Gasteiger partial charge on any atom is 0.262 e. The molecule has 25 heavy (non-hydrogen) atoms. The fraction of sp³-hybridized carbons (Fsp3) is 0.105. The first-order valence-electron chi connectivity index (χ1n) is 7.73. The normalized spacial score (nSPS) is 10.3. The molecule has 3 rings (SSSR count). The van der Waals surface area contributed by atoms with E-state index in [1.165, 1.54) is 0 Å². The van der Waals surface area contributed by atoms with Gasteiger partial charge in [-0.3, -0.25) is 4.79 Å². The van der Waals surface area contributed by atoms with Crippen molar-refractivity contribution in [2.75, 3.05) is 17.2 Å². The summed E-state index contributed by atoms with van der Waals surface area (Å²) in [5.41, 5.74) is 1.64. The molecule has 3 aromatic rings. The van der Waals surface area contributed by atoms with Crippen molar-refractivity contribution in [2.24, 2.45) is 0 Å². The zero-order valence-electron chi connectivity index (χ0n) is 13.4. The number of furan rings is 1. The standard InChI is InChI=1S/C19H17ClN2O3/c20-14-3-9-17(10-4-14)25-13-19(23)22-16-7-5-15(6-8-16)21-12-18-2-1-11-24-18/h1-11,21H,12-13H2,(H,22,23). The molecule has 128 valence electrons. The van der Waals surface area contributed by atoms with Crippen molar-refractivity contribution in [1.82, 2.24) is 0 Å². The van der Waals surface area contributed by atoms with E-state index in [0.717, 1.165) is 11.4 Å². The molecule has 2 aromatic carbocycles. The minimum atomic E-state index is -0.230. The third-order valence-electron chi connectivity index (χ3n) is 3.40. The SMILES string of the molecule is O=C(COc1ccc(Cl)cc1)Nc1ccc(NCc2ccco2)cc1. The van der Waals surface area contributed by atoms with Gasteiger partial charge in [0, 0.05) is 16.4 Å². The summed E-state index contributed by atoms with van der Waals surface area (Å²) in [6, 6.07) is 18.0. The van der Waals surface area contributed by atoms with Gasteiger partial charge in [0.05, 0.1) is 12.8 Å². The molecular formula is C19H17ClN2O3. The predicted octanol–water partition coefficient (Wildman–Crippen LogP) is 4.56. The number of nitrogens with one attached hydrogen (secondary N) is 2. The predicted molar refractivity (Wildman–Crippen MR) is 98.1 cm³/mol. The van der Waals surface area contributed by atoms with Crippen molar-refractivity contribution >= 4 is 28.9 Å². The minimum Gasteiger partial charge on any atom is -0.484 e. The lowest BCUT2D eigenvalue weighted by molar-refractivity contribution is -0.118. The van der Waals surface area contributed by atoms with Crippen molar-refractivity contribution in [3.8, 4) is 5.75 Å². The number of rotatable bonds is 7. The van der Waals surface area contributed by atoms with E-state index in [4.69, 9.17) is 20.8 Å². The Labute approximate surface area is 150 Å². The molecule has 5 nitrogen and oxygen atoms in total. The number of carbonyl (C=O) groups is 1. The number of amides is 1. The van der Waals surface area contributed by atoms with Crippen LogP contribution < -0.4 is 15.4 Å². The van der Waals surface area contributed by atoms with Crippen LogP contribution in [0, 0.1) is 0 Å². The molecule has 0 saturated heterocycles. The van der Waals surface area contributed by atoms with Crippen LogP contribution in [0.15, 0.2) is 71.3 Å². The summed E-state index contributed by atoms with van der Waals surface area (Å²) in [5.74, 6) is 1.22. The summed E-state index contributed by atoms with van der Waals surface area (Å²) in [5, 5.41) is 6.64. The van der Waals surface area contributed by atoms with Crippen molar-refractivity contribution < 1.29 is 13.9 Å². The lowest BCUT2D eigenvalue weighted by atomic mass is 10.2. The average molecular weight is 357 g/mol. The third kappa shape index (κ3) is 5.29. The molecule has 1 heterocycles. The summed E-state index contributed by atoms with van der Waals surface area (Å²) in [6.07, 6.45) is 1.64. The number of carbonyl (C=O) groups excluding carboxylic acids is 1. The molecule has 6 heteroatoms. The molecule has 0 spiro atoms. The third-order valence-corrected chi connectivity index (χ3v) is 3.65. The van der Waals surface area contributed by atoms with Gasteiger partial charge in [-0.15, -0.1) is 0 Å². The Morgan fingerprint density at radius 2 is 1.72 bits per heavy atom. The number of halogens is 1. The maximum atomic E-state index is 11.9.